The minimum Gasteiger partial charge on any atom is -0.439 e. The first-order chi connectivity index (χ1) is 10.4. The molecule has 1 aliphatic heterocycles. The quantitative estimate of drug-likeness (QED) is 0.799. The first-order valence-corrected chi connectivity index (χ1v) is 8.83. The first-order valence-electron chi connectivity index (χ1n) is 7.43. The maximum Gasteiger partial charge on any atom is 0.330 e. The van der Waals surface area contributed by atoms with Gasteiger partial charge < -0.3 is 4.74 Å². The van der Waals surface area contributed by atoms with Crippen molar-refractivity contribution >= 4 is 23.6 Å². The van der Waals surface area contributed by atoms with Gasteiger partial charge in [0.25, 0.3) is 5.91 Å². The number of amides is 1. The van der Waals surface area contributed by atoms with Crippen LogP contribution in [0.2, 0.25) is 0 Å². The average Bonchev–Trinajstić information content (AvgIpc) is 2.82. The molecule has 0 saturated carbocycles. The van der Waals surface area contributed by atoms with Crippen LogP contribution in [0.5, 0.6) is 0 Å². The van der Waals surface area contributed by atoms with Crippen LogP contribution in [0, 0.1) is 5.41 Å². The lowest BCUT2D eigenvalue weighted by molar-refractivity contribution is -0.147. The van der Waals surface area contributed by atoms with Gasteiger partial charge in [-0.25, -0.2) is 4.79 Å². The third-order valence-electron chi connectivity index (χ3n) is 3.68. The number of benzene rings is 1. The number of esters is 1. The summed E-state index contributed by atoms with van der Waals surface area (Å²) in [6, 6.07) is 8.58. The van der Waals surface area contributed by atoms with Gasteiger partial charge in [0.15, 0.2) is 6.23 Å². The maximum atomic E-state index is 12.9. The van der Waals surface area contributed by atoms with Gasteiger partial charge in [0.1, 0.15) is 6.04 Å². The minimum absolute atomic E-state index is 0.141. The minimum atomic E-state index is -0.528. The molecule has 0 spiro atoms. The number of hydrogen-bond donors (Lipinski definition) is 0. The third kappa shape index (κ3) is 3.46. The van der Waals surface area contributed by atoms with Crippen LogP contribution in [0.15, 0.2) is 30.3 Å². The van der Waals surface area contributed by atoms with Gasteiger partial charge in [0, 0.05) is 11.0 Å². The molecule has 0 aliphatic carbocycles. The zero-order chi connectivity index (χ0) is 16.3. The van der Waals surface area contributed by atoms with Crippen LogP contribution in [0.3, 0.4) is 0 Å². The molecule has 4 nitrogen and oxygen atoms in total. The van der Waals surface area contributed by atoms with Crippen molar-refractivity contribution in [1.29, 1.82) is 0 Å². The highest BCUT2D eigenvalue weighted by Crippen LogP contribution is 2.35. The Morgan fingerprint density at radius 1 is 1.27 bits per heavy atom. The number of carbonyl (C=O) groups is 2. The standard InChI is InChI=1S/C17H23NO3S/c1-17(2,3)16-18(13(10-11-22-4)15(20)21-16)14(19)12-8-6-5-7-9-12/h5-9,13,16H,10-11H2,1-4H3/t13-,16-/m0/s1. The molecule has 5 heteroatoms. The van der Waals surface area contributed by atoms with Crippen molar-refractivity contribution in [1.82, 2.24) is 4.90 Å². The molecular formula is C17H23NO3S. The van der Waals surface area contributed by atoms with E-state index in [-0.39, 0.29) is 17.3 Å². The van der Waals surface area contributed by atoms with Crippen LogP contribution in [-0.4, -0.2) is 41.1 Å². The highest BCUT2D eigenvalue weighted by Gasteiger charge is 2.49. The number of carbonyl (C=O) groups excluding carboxylic acids is 2. The van der Waals surface area contributed by atoms with Gasteiger partial charge in [-0.2, -0.15) is 11.8 Å². The van der Waals surface area contributed by atoms with Gasteiger partial charge in [0.05, 0.1) is 0 Å². The molecule has 0 bridgehead atoms. The molecule has 1 aromatic rings. The fourth-order valence-electron chi connectivity index (χ4n) is 2.58. The third-order valence-corrected chi connectivity index (χ3v) is 4.32. The molecule has 1 amide bonds. The Labute approximate surface area is 136 Å². The number of thioether (sulfide) groups is 1. The van der Waals surface area contributed by atoms with Crippen LogP contribution in [0.1, 0.15) is 37.6 Å². The number of ether oxygens (including phenoxy) is 1. The summed E-state index contributed by atoms with van der Waals surface area (Å²) in [6.45, 7) is 5.94. The summed E-state index contributed by atoms with van der Waals surface area (Å²) in [5.74, 6) is 0.380. The van der Waals surface area contributed by atoms with Crippen molar-refractivity contribution in [2.24, 2.45) is 5.41 Å². The van der Waals surface area contributed by atoms with Crippen LogP contribution in [-0.2, 0) is 9.53 Å². The van der Waals surface area contributed by atoms with Crippen molar-refractivity contribution in [3.63, 3.8) is 0 Å². The normalized spacial score (nSPS) is 21.8. The summed E-state index contributed by atoms with van der Waals surface area (Å²) < 4.78 is 5.55. The summed E-state index contributed by atoms with van der Waals surface area (Å²) in [4.78, 5) is 26.8. The van der Waals surface area contributed by atoms with Gasteiger partial charge in [-0.1, -0.05) is 39.0 Å². The summed E-state index contributed by atoms with van der Waals surface area (Å²) >= 11 is 1.66. The molecule has 2 atom stereocenters. The topological polar surface area (TPSA) is 46.6 Å². The van der Waals surface area contributed by atoms with Crippen LogP contribution in [0.4, 0.5) is 0 Å². The monoisotopic (exact) mass is 321 g/mol. The molecule has 1 aromatic carbocycles. The van der Waals surface area contributed by atoms with E-state index in [1.54, 1.807) is 28.8 Å². The molecule has 22 heavy (non-hydrogen) atoms. The van der Waals surface area contributed by atoms with Gasteiger partial charge in [-0.15, -0.1) is 0 Å². The Bertz CT molecular complexity index is 539. The Balaban J connectivity index is 2.34. The predicted octanol–water partition coefficient (Wildman–Crippen LogP) is 3.18. The zero-order valence-electron chi connectivity index (χ0n) is 13.5. The number of rotatable bonds is 4. The number of hydrogen-bond acceptors (Lipinski definition) is 4. The zero-order valence-corrected chi connectivity index (χ0v) is 14.4. The predicted molar refractivity (Wildman–Crippen MR) is 88.7 cm³/mol. The van der Waals surface area contributed by atoms with E-state index >= 15 is 0 Å². The van der Waals surface area contributed by atoms with Gasteiger partial charge in [-0.3, -0.25) is 9.69 Å². The summed E-state index contributed by atoms with van der Waals surface area (Å²) in [6.07, 6.45) is 2.08. The molecule has 0 N–H and O–H groups in total. The van der Waals surface area contributed by atoms with Gasteiger partial charge >= 0.3 is 5.97 Å². The highest BCUT2D eigenvalue weighted by molar-refractivity contribution is 7.98. The van der Waals surface area contributed by atoms with Gasteiger partial charge in [-0.05, 0) is 30.6 Å². The molecule has 120 valence electrons. The van der Waals surface area contributed by atoms with E-state index in [0.29, 0.717) is 12.0 Å². The molecule has 1 heterocycles. The smallest absolute Gasteiger partial charge is 0.330 e. The van der Waals surface area contributed by atoms with Crippen LogP contribution < -0.4 is 0 Å². The Hall–Kier alpha value is -1.49. The fraction of sp³-hybridized carbons (Fsp3) is 0.529. The van der Waals surface area contributed by atoms with Crippen molar-refractivity contribution in [3.05, 3.63) is 35.9 Å². The summed E-state index contributed by atoms with van der Waals surface area (Å²) in [7, 11) is 0. The highest BCUT2D eigenvalue weighted by atomic mass is 32.2. The second-order valence-electron chi connectivity index (χ2n) is 6.53. The van der Waals surface area contributed by atoms with E-state index in [0.717, 1.165) is 5.75 Å². The van der Waals surface area contributed by atoms with Crippen molar-refractivity contribution < 1.29 is 14.3 Å². The lowest BCUT2D eigenvalue weighted by Gasteiger charge is -2.34. The summed E-state index contributed by atoms with van der Waals surface area (Å²) in [5, 5.41) is 0. The van der Waals surface area contributed by atoms with E-state index in [4.69, 9.17) is 4.74 Å². The molecular weight excluding hydrogens is 298 g/mol. The number of nitrogens with zero attached hydrogens (tertiary/aromatic N) is 1. The molecule has 0 aromatic heterocycles. The molecule has 1 fully saturated rings. The second kappa shape index (κ2) is 6.73. The maximum absolute atomic E-state index is 12.9. The Kier molecular flexibility index (Phi) is 5.16. The van der Waals surface area contributed by atoms with Crippen molar-refractivity contribution in [2.75, 3.05) is 12.0 Å². The Morgan fingerprint density at radius 3 is 2.45 bits per heavy atom. The fourth-order valence-corrected chi connectivity index (χ4v) is 3.04. The molecule has 0 radical (unpaired) electrons. The van der Waals surface area contributed by atoms with Crippen molar-refractivity contribution in [3.8, 4) is 0 Å². The van der Waals surface area contributed by atoms with E-state index in [9.17, 15) is 9.59 Å². The first kappa shape index (κ1) is 16.9. The lowest BCUT2D eigenvalue weighted by Crippen LogP contribution is -2.48. The summed E-state index contributed by atoms with van der Waals surface area (Å²) in [5.41, 5.74) is 0.262. The molecule has 1 saturated heterocycles. The average molecular weight is 321 g/mol. The SMILES string of the molecule is CSCC[C@H]1C(=O)O[C@@H](C(C)(C)C)N1C(=O)c1ccccc1. The molecule has 0 unspecified atom stereocenters. The number of cyclic esters (lactones) is 1. The van der Waals surface area contributed by atoms with Crippen LogP contribution >= 0.6 is 11.8 Å². The Morgan fingerprint density at radius 2 is 1.91 bits per heavy atom. The van der Waals surface area contributed by atoms with E-state index in [1.165, 1.54) is 0 Å². The van der Waals surface area contributed by atoms with E-state index < -0.39 is 12.3 Å². The van der Waals surface area contributed by atoms with E-state index in [2.05, 4.69) is 0 Å². The molecule has 2 rings (SSSR count). The largest absolute Gasteiger partial charge is 0.439 e. The lowest BCUT2D eigenvalue weighted by atomic mass is 9.92. The van der Waals surface area contributed by atoms with E-state index in [1.807, 2.05) is 45.2 Å². The van der Waals surface area contributed by atoms with Crippen molar-refractivity contribution in [2.45, 2.75) is 39.5 Å². The van der Waals surface area contributed by atoms with Gasteiger partial charge in [0.2, 0.25) is 0 Å². The second-order valence-corrected chi connectivity index (χ2v) is 7.52. The molecule has 1 aliphatic rings. The van der Waals surface area contributed by atoms with Crippen LogP contribution in [0.25, 0.3) is 0 Å².